The Kier molecular flexibility index (Phi) is 4.32. The lowest BCUT2D eigenvalue weighted by Gasteiger charge is -2.17. The van der Waals surface area contributed by atoms with E-state index in [1.807, 2.05) is 18.2 Å². The minimum Gasteiger partial charge on any atom is -0.396 e. The first-order valence-electron chi connectivity index (χ1n) is 6.13. The number of halogens is 1. The minimum absolute atomic E-state index is 0.0853. The predicted octanol–water partition coefficient (Wildman–Crippen LogP) is 1.87. The third-order valence-corrected chi connectivity index (χ3v) is 2.95. The van der Waals surface area contributed by atoms with Crippen LogP contribution >= 0.6 is 0 Å². The van der Waals surface area contributed by atoms with Gasteiger partial charge < -0.3 is 16.2 Å². The van der Waals surface area contributed by atoms with Gasteiger partial charge in [-0.05, 0) is 23.8 Å². The molecule has 1 amide bonds. The number of hydrogen-bond acceptors (Lipinski definition) is 3. The first kappa shape index (κ1) is 14.0. The van der Waals surface area contributed by atoms with Gasteiger partial charge in [0.15, 0.2) is 0 Å². The van der Waals surface area contributed by atoms with E-state index in [0.29, 0.717) is 0 Å². The molecule has 2 aromatic carbocycles. The van der Waals surface area contributed by atoms with Crippen molar-refractivity contribution in [2.45, 2.75) is 6.04 Å². The molecule has 104 valence electrons. The van der Waals surface area contributed by atoms with Crippen LogP contribution < -0.4 is 11.1 Å². The molecule has 20 heavy (non-hydrogen) atoms. The van der Waals surface area contributed by atoms with E-state index >= 15 is 0 Å². The van der Waals surface area contributed by atoms with Crippen molar-refractivity contribution in [3.8, 4) is 0 Å². The van der Waals surface area contributed by atoms with E-state index in [0.717, 1.165) is 11.6 Å². The molecule has 1 atom stereocenters. The number of anilines is 1. The van der Waals surface area contributed by atoms with Crippen LogP contribution in [0.15, 0.2) is 48.5 Å². The Morgan fingerprint density at radius 3 is 2.55 bits per heavy atom. The molecular weight excluding hydrogens is 259 g/mol. The summed E-state index contributed by atoms with van der Waals surface area (Å²) in [6.45, 7) is -0.230. The molecule has 0 saturated heterocycles. The number of benzene rings is 2. The largest absolute Gasteiger partial charge is 0.396 e. The van der Waals surface area contributed by atoms with Crippen LogP contribution in [0, 0.1) is 5.82 Å². The van der Waals surface area contributed by atoms with Gasteiger partial charge in [0, 0.05) is 5.56 Å². The second-order valence-electron chi connectivity index (χ2n) is 4.36. The highest BCUT2D eigenvalue weighted by atomic mass is 19.1. The van der Waals surface area contributed by atoms with Crippen LogP contribution in [0.2, 0.25) is 0 Å². The molecule has 0 fully saturated rings. The second-order valence-corrected chi connectivity index (χ2v) is 4.36. The molecule has 0 heterocycles. The van der Waals surface area contributed by atoms with E-state index < -0.39 is 17.8 Å². The van der Waals surface area contributed by atoms with Crippen molar-refractivity contribution in [2.75, 3.05) is 12.3 Å². The Morgan fingerprint density at radius 1 is 1.25 bits per heavy atom. The van der Waals surface area contributed by atoms with E-state index in [1.54, 1.807) is 12.1 Å². The summed E-state index contributed by atoms with van der Waals surface area (Å²) in [4.78, 5) is 12.1. The summed E-state index contributed by atoms with van der Waals surface area (Å²) in [6.07, 6.45) is 0. The number of carbonyl (C=O) groups is 1. The third-order valence-electron chi connectivity index (χ3n) is 2.95. The number of nitrogen functional groups attached to an aromatic ring is 1. The molecule has 4 N–H and O–H groups in total. The number of aliphatic hydroxyl groups is 1. The molecule has 0 radical (unpaired) electrons. The lowest BCUT2D eigenvalue weighted by atomic mass is 10.1. The molecule has 0 aromatic heterocycles. The molecule has 0 aliphatic heterocycles. The van der Waals surface area contributed by atoms with Gasteiger partial charge in [-0.15, -0.1) is 0 Å². The van der Waals surface area contributed by atoms with E-state index in [1.165, 1.54) is 12.1 Å². The molecule has 5 heteroatoms. The summed E-state index contributed by atoms with van der Waals surface area (Å²) < 4.78 is 13.1. The first-order chi connectivity index (χ1) is 9.61. The number of hydrogen-bond donors (Lipinski definition) is 3. The number of rotatable bonds is 4. The van der Waals surface area contributed by atoms with Crippen molar-refractivity contribution < 1.29 is 14.3 Å². The summed E-state index contributed by atoms with van der Waals surface area (Å²) in [5.41, 5.74) is 6.38. The predicted molar refractivity (Wildman–Crippen MR) is 74.5 cm³/mol. The van der Waals surface area contributed by atoms with E-state index in [2.05, 4.69) is 5.32 Å². The topological polar surface area (TPSA) is 75.4 Å². The summed E-state index contributed by atoms with van der Waals surface area (Å²) in [7, 11) is 0. The van der Waals surface area contributed by atoms with Crippen LogP contribution in [0.1, 0.15) is 22.0 Å². The summed E-state index contributed by atoms with van der Waals surface area (Å²) >= 11 is 0. The highest BCUT2D eigenvalue weighted by molar-refractivity contribution is 5.95. The fourth-order valence-corrected chi connectivity index (χ4v) is 1.85. The van der Waals surface area contributed by atoms with Crippen molar-refractivity contribution in [1.82, 2.24) is 5.32 Å². The summed E-state index contributed by atoms with van der Waals surface area (Å²) in [5, 5.41) is 12.1. The van der Waals surface area contributed by atoms with Gasteiger partial charge in [0.05, 0.1) is 18.3 Å². The normalized spacial score (nSPS) is 11.9. The SMILES string of the molecule is Nc1cc(C(=O)NC(CO)c2ccccc2)ccc1F. The maximum absolute atomic E-state index is 13.1. The Balaban J connectivity index is 2.15. The van der Waals surface area contributed by atoms with Crippen molar-refractivity contribution in [3.05, 3.63) is 65.5 Å². The average Bonchev–Trinajstić information content (AvgIpc) is 2.48. The fourth-order valence-electron chi connectivity index (χ4n) is 1.85. The van der Waals surface area contributed by atoms with Crippen molar-refractivity contribution in [1.29, 1.82) is 0 Å². The molecule has 2 rings (SSSR count). The van der Waals surface area contributed by atoms with Crippen LogP contribution in [0.4, 0.5) is 10.1 Å². The van der Waals surface area contributed by atoms with E-state index in [4.69, 9.17) is 5.73 Å². The smallest absolute Gasteiger partial charge is 0.251 e. The highest BCUT2D eigenvalue weighted by Crippen LogP contribution is 2.15. The monoisotopic (exact) mass is 274 g/mol. The first-order valence-corrected chi connectivity index (χ1v) is 6.13. The zero-order chi connectivity index (χ0) is 14.5. The Labute approximate surface area is 116 Å². The van der Waals surface area contributed by atoms with Gasteiger partial charge in [0.2, 0.25) is 0 Å². The Hall–Kier alpha value is -2.40. The third kappa shape index (κ3) is 3.13. The van der Waals surface area contributed by atoms with Gasteiger partial charge in [0.25, 0.3) is 5.91 Å². The van der Waals surface area contributed by atoms with Gasteiger partial charge in [-0.3, -0.25) is 4.79 Å². The molecule has 0 saturated carbocycles. The molecule has 0 bridgehead atoms. The molecule has 0 aliphatic carbocycles. The quantitative estimate of drug-likeness (QED) is 0.745. The fraction of sp³-hybridized carbons (Fsp3) is 0.133. The number of nitrogens with two attached hydrogens (primary N) is 1. The maximum Gasteiger partial charge on any atom is 0.251 e. The molecule has 0 aliphatic rings. The van der Waals surface area contributed by atoms with Crippen molar-refractivity contribution in [2.24, 2.45) is 0 Å². The van der Waals surface area contributed by atoms with Crippen LogP contribution in [-0.2, 0) is 0 Å². The van der Waals surface area contributed by atoms with Gasteiger partial charge in [0.1, 0.15) is 5.82 Å². The van der Waals surface area contributed by atoms with Gasteiger partial charge in [-0.25, -0.2) is 4.39 Å². The highest BCUT2D eigenvalue weighted by Gasteiger charge is 2.15. The lowest BCUT2D eigenvalue weighted by Crippen LogP contribution is -2.30. The van der Waals surface area contributed by atoms with Crippen molar-refractivity contribution in [3.63, 3.8) is 0 Å². The zero-order valence-electron chi connectivity index (χ0n) is 10.7. The Morgan fingerprint density at radius 2 is 1.95 bits per heavy atom. The second kappa shape index (κ2) is 6.16. The van der Waals surface area contributed by atoms with Gasteiger partial charge >= 0.3 is 0 Å². The van der Waals surface area contributed by atoms with Crippen LogP contribution in [-0.4, -0.2) is 17.6 Å². The number of amides is 1. The molecule has 4 nitrogen and oxygen atoms in total. The van der Waals surface area contributed by atoms with Crippen molar-refractivity contribution >= 4 is 11.6 Å². The van der Waals surface area contributed by atoms with Crippen LogP contribution in [0.25, 0.3) is 0 Å². The van der Waals surface area contributed by atoms with E-state index in [9.17, 15) is 14.3 Å². The Bertz CT molecular complexity index is 602. The number of carbonyl (C=O) groups excluding carboxylic acids is 1. The molecule has 1 unspecified atom stereocenters. The summed E-state index contributed by atoms with van der Waals surface area (Å²) in [5.74, 6) is -0.983. The average molecular weight is 274 g/mol. The lowest BCUT2D eigenvalue weighted by molar-refractivity contribution is 0.0916. The number of nitrogens with one attached hydrogen (secondary N) is 1. The summed E-state index contributed by atoms with van der Waals surface area (Å²) in [6, 6.07) is 12.3. The molecular formula is C15H15FN2O2. The van der Waals surface area contributed by atoms with Crippen LogP contribution in [0.5, 0.6) is 0 Å². The zero-order valence-corrected chi connectivity index (χ0v) is 10.7. The molecule has 2 aromatic rings. The standard InChI is InChI=1S/C15H15FN2O2/c16-12-7-6-11(8-13(12)17)15(20)18-14(9-19)10-4-2-1-3-5-10/h1-8,14,19H,9,17H2,(H,18,20). The molecule has 0 spiro atoms. The van der Waals surface area contributed by atoms with Gasteiger partial charge in [-0.1, -0.05) is 30.3 Å². The maximum atomic E-state index is 13.1. The van der Waals surface area contributed by atoms with E-state index in [-0.39, 0.29) is 17.9 Å². The number of aliphatic hydroxyl groups excluding tert-OH is 1. The van der Waals surface area contributed by atoms with Crippen LogP contribution in [0.3, 0.4) is 0 Å². The van der Waals surface area contributed by atoms with Gasteiger partial charge in [-0.2, -0.15) is 0 Å². The minimum atomic E-state index is -0.566.